The molecule has 1 heterocycles. The van der Waals surface area contributed by atoms with Crippen molar-refractivity contribution in [3.05, 3.63) is 29.6 Å². The maximum Gasteiger partial charge on any atom is 0.150 e. The van der Waals surface area contributed by atoms with E-state index in [0.717, 1.165) is 11.3 Å². The highest BCUT2D eigenvalue weighted by Gasteiger charge is 2.11. The molecule has 1 aromatic rings. The summed E-state index contributed by atoms with van der Waals surface area (Å²) in [6, 6.07) is 3.68. The summed E-state index contributed by atoms with van der Waals surface area (Å²) in [5, 5.41) is 0. The Hall–Kier alpha value is -0.940. The molecule has 0 aromatic carbocycles. The van der Waals surface area contributed by atoms with Crippen LogP contribution in [0.5, 0.6) is 0 Å². The van der Waals surface area contributed by atoms with Gasteiger partial charge in [-0.3, -0.25) is 4.98 Å². The van der Waals surface area contributed by atoms with Crippen molar-refractivity contribution in [2.24, 2.45) is 5.73 Å². The first-order valence-electron chi connectivity index (χ1n) is 5.83. The third kappa shape index (κ3) is 4.83. The second kappa shape index (κ2) is 6.12. The van der Waals surface area contributed by atoms with E-state index in [1.54, 1.807) is 13.1 Å². The van der Waals surface area contributed by atoms with E-state index in [9.17, 15) is 8.42 Å². The maximum absolute atomic E-state index is 11.3. The average molecular weight is 256 g/mol. The van der Waals surface area contributed by atoms with E-state index in [-0.39, 0.29) is 17.5 Å². The zero-order chi connectivity index (χ0) is 12.9. The van der Waals surface area contributed by atoms with Crippen LogP contribution < -0.4 is 5.73 Å². The number of aromatic nitrogens is 1. The normalized spacial score (nSPS) is 13.6. The van der Waals surface area contributed by atoms with E-state index >= 15 is 0 Å². The number of pyridine rings is 1. The SMILES string of the molecule is CCS(=O)(=O)CCCC(N)c1cc(C)ccn1. The first-order valence-corrected chi connectivity index (χ1v) is 7.65. The monoisotopic (exact) mass is 256 g/mol. The number of sulfone groups is 1. The van der Waals surface area contributed by atoms with Crippen LogP contribution in [-0.2, 0) is 9.84 Å². The van der Waals surface area contributed by atoms with Crippen LogP contribution in [0.2, 0.25) is 0 Å². The van der Waals surface area contributed by atoms with E-state index in [2.05, 4.69) is 4.98 Å². The Morgan fingerprint density at radius 2 is 2.18 bits per heavy atom. The molecule has 17 heavy (non-hydrogen) atoms. The summed E-state index contributed by atoms with van der Waals surface area (Å²) in [6.45, 7) is 3.65. The standard InChI is InChI=1S/C12H20N2O2S/c1-3-17(15,16)8-4-5-11(13)12-9-10(2)6-7-14-12/h6-7,9,11H,3-5,8,13H2,1-2H3. The molecule has 1 aromatic heterocycles. The summed E-state index contributed by atoms with van der Waals surface area (Å²) in [6.07, 6.45) is 2.97. The van der Waals surface area contributed by atoms with E-state index in [1.165, 1.54) is 0 Å². The second-order valence-electron chi connectivity index (χ2n) is 4.24. The van der Waals surface area contributed by atoms with Crippen LogP contribution in [0.25, 0.3) is 0 Å². The number of nitrogens with zero attached hydrogens (tertiary/aromatic N) is 1. The second-order valence-corrected chi connectivity index (χ2v) is 6.72. The van der Waals surface area contributed by atoms with Crippen molar-refractivity contribution in [3.63, 3.8) is 0 Å². The van der Waals surface area contributed by atoms with E-state index in [4.69, 9.17) is 5.73 Å². The predicted octanol–water partition coefficient (Wildman–Crippen LogP) is 1.60. The number of hydrogen-bond donors (Lipinski definition) is 1. The zero-order valence-corrected chi connectivity index (χ0v) is 11.2. The fourth-order valence-electron chi connectivity index (χ4n) is 1.58. The Morgan fingerprint density at radius 3 is 2.76 bits per heavy atom. The van der Waals surface area contributed by atoms with Gasteiger partial charge in [-0.15, -0.1) is 0 Å². The minimum Gasteiger partial charge on any atom is -0.323 e. The molecule has 0 saturated carbocycles. The molecule has 0 amide bonds. The van der Waals surface area contributed by atoms with Crippen molar-refractivity contribution >= 4 is 9.84 Å². The largest absolute Gasteiger partial charge is 0.323 e. The molecule has 1 unspecified atom stereocenters. The fourth-order valence-corrected chi connectivity index (χ4v) is 2.47. The van der Waals surface area contributed by atoms with Gasteiger partial charge in [0.1, 0.15) is 9.84 Å². The molecule has 0 fully saturated rings. The number of rotatable bonds is 6. The molecule has 0 saturated heterocycles. The molecule has 96 valence electrons. The number of hydrogen-bond acceptors (Lipinski definition) is 4. The number of aryl methyl sites for hydroxylation is 1. The molecular formula is C12H20N2O2S. The van der Waals surface area contributed by atoms with Gasteiger partial charge in [-0.2, -0.15) is 0 Å². The smallest absolute Gasteiger partial charge is 0.150 e. The van der Waals surface area contributed by atoms with Gasteiger partial charge in [0.2, 0.25) is 0 Å². The zero-order valence-electron chi connectivity index (χ0n) is 10.4. The highest BCUT2D eigenvalue weighted by Crippen LogP contribution is 2.14. The third-order valence-corrected chi connectivity index (χ3v) is 4.52. The Labute approximate surface area is 103 Å². The fraction of sp³-hybridized carbons (Fsp3) is 0.583. The molecule has 0 aliphatic rings. The van der Waals surface area contributed by atoms with Crippen LogP contribution in [0, 0.1) is 6.92 Å². The van der Waals surface area contributed by atoms with Crippen molar-refractivity contribution in [2.75, 3.05) is 11.5 Å². The Bertz CT molecular complexity index is 457. The van der Waals surface area contributed by atoms with Crippen molar-refractivity contribution < 1.29 is 8.42 Å². The lowest BCUT2D eigenvalue weighted by atomic mass is 10.1. The van der Waals surface area contributed by atoms with Crippen LogP contribution in [0.4, 0.5) is 0 Å². The molecule has 4 nitrogen and oxygen atoms in total. The molecule has 0 radical (unpaired) electrons. The molecule has 1 atom stereocenters. The predicted molar refractivity (Wildman–Crippen MR) is 69.5 cm³/mol. The molecule has 0 spiro atoms. The van der Waals surface area contributed by atoms with Gasteiger partial charge in [-0.1, -0.05) is 6.92 Å². The van der Waals surface area contributed by atoms with Crippen LogP contribution in [0.3, 0.4) is 0 Å². The molecule has 1 rings (SSSR count). The summed E-state index contributed by atoms with van der Waals surface area (Å²) in [7, 11) is -2.88. The lowest BCUT2D eigenvalue weighted by Crippen LogP contribution is -2.15. The molecular weight excluding hydrogens is 236 g/mol. The van der Waals surface area contributed by atoms with Crippen molar-refractivity contribution in [1.29, 1.82) is 0 Å². The van der Waals surface area contributed by atoms with E-state index < -0.39 is 9.84 Å². The van der Waals surface area contributed by atoms with Gasteiger partial charge in [0, 0.05) is 18.0 Å². The van der Waals surface area contributed by atoms with Crippen LogP contribution in [-0.4, -0.2) is 24.9 Å². The minimum atomic E-state index is -2.88. The Morgan fingerprint density at radius 1 is 1.47 bits per heavy atom. The van der Waals surface area contributed by atoms with Gasteiger partial charge in [0.15, 0.2) is 0 Å². The average Bonchev–Trinajstić information content (AvgIpc) is 2.28. The number of nitrogens with two attached hydrogens (primary N) is 1. The lowest BCUT2D eigenvalue weighted by molar-refractivity contribution is 0.580. The minimum absolute atomic E-state index is 0.179. The molecule has 0 aliphatic carbocycles. The summed E-state index contributed by atoms with van der Waals surface area (Å²) in [4.78, 5) is 4.20. The van der Waals surface area contributed by atoms with Crippen LogP contribution >= 0.6 is 0 Å². The van der Waals surface area contributed by atoms with Gasteiger partial charge < -0.3 is 5.73 Å². The van der Waals surface area contributed by atoms with Crippen molar-refractivity contribution in [1.82, 2.24) is 4.98 Å². The molecule has 5 heteroatoms. The van der Waals surface area contributed by atoms with Crippen molar-refractivity contribution in [2.45, 2.75) is 32.7 Å². The first-order chi connectivity index (χ1) is 7.94. The Kier molecular flexibility index (Phi) is 5.08. The summed E-state index contributed by atoms with van der Waals surface area (Å²) >= 11 is 0. The van der Waals surface area contributed by atoms with E-state index in [1.807, 2.05) is 19.1 Å². The summed E-state index contributed by atoms with van der Waals surface area (Å²) < 4.78 is 22.6. The van der Waals surface area contributed by atoms with Crippen molar-refractivity contribution in [3.8, 4) is 0 Å². The quantitative estimate of drug-likeness (QED) is 0.839. The molecule has 2 N–H and O–H groups in total. The molecule has 0 aliphatic heterocycles. The van der Waals surface area contributed by atoms with Gasteiger partial charge in [0.05, 0.1) is 11.4 Å². The lowest BCUT2D eigenvalue weighted by Gasteiger charge is -2.11. The first kappa shape index (κ1) is 14.1. The maximum atomic E-state index is 11.3. The Balaban J connectivity index is 2.48. The van der Waals surface area contributed by atoms with Gasteiger partial charge in [0.25, 0.3) is 0 Å². The molecule has 0 bridgehead atoms. The van der Waals surface area contributed by atoms with Gasteiger partial charge in [-0.05, 0) is 37.5 Å². The highest BCUT2D eigenvalue weighted by atomic mass is 32.2. The topological polar surface area (TPSA) is 73.0 Å². The third-order valence-electron chi connectivity index (χ3n) is 2.73. The van der Waals surface area contributed by atoms with Gasteiger partial charge in [-0.25, -0.2) is 8.42 Å². The summed E-state index contributed by atoms with van der Waals surface area (Å²) in [5.41, 5.74) is 7.93. The van der Waals surface area contributed by atoms with Gasteiger partial charge >= 0.3 is 0 Å². The van der Waals surface area contributed by atoms with Crippen LogP contribution in [0.15, 0.2) is 18.3 Å². The van der Waals surface area contributed by atoms with E-state index in [0.29, 0.717) is 12.8 Å². The van der Waals surface area contributed by atoms with Crippen LogP contribution in [0.1, 0.15) is 37.1 Å². The summed E-state index contributed by atoms with van der Waals surface area (Å²) in [5.74, 6) is 0.411. The highest BCUT2D eigenvalue weighted by molar-refractivity contribution is 7.91.